The van der Waals surface area contributed by atoms with E-state index in [1.54, 1.807) is 61.8 Å². The molecule has 0 aliphatic heterocycles. The smallest absolute Gasteiger partial charge is 0.331 e. The van der Waals surface area contributed by atoms with E-state index in [0.717, 1.165) is 75.2 Å². The summed E-state index contributed by atoms with van der Waals surface area (Å²) in [6.45, 7) is 0.272. The lowest BCUT2D eigenvalue weighted by Gasteiger charge is -2.01. The average Bonchev–Trinajstić information content (AvgIpc) is 4.25. The lowest BCUT2D eigenvalue weighted by Crippen LogP contribution is -2.24. The number of hydrogen-bond acceptors (Lipinski definition) is 16. The zero-order valence-corrected chi connectivity index (χ0v) is 46.6. The molecule has 0 fully saturated rings. The molecule has 0 radical (unpaired) electrons. The molecule has 24 nitrogen and oxygen atoms in total. The second-order valence-electron chi connectivity index (χ2n) is 15.4. The zero-order chi connectivity index (χ0) is 55.4. The largest absolute Gasteiger partial charge is 0.478 e. The number of benzene rings is 1. The van der Waals surface area contributed by atoms with Crippen molar-refractivity contribution in [3.63, 3.8) is 0 Å². The second-order valence-corrected chi connectivity index (χ2v) is 19.1. The first-order chi connectivity index (χ1) is 36.9. The summed E-state index contributed by atoms with van der Waals surface area (Å²) in [7, 11) is 3.91. The van der Waals surface area contributed by atoms with Crippen LogP contribution in [0.4, 0.5) is 23.0 Å². The molecule has 11 aromatic rings. The fourth-order valence-electron chi connectivity index (χ4n) is 6.10. The van der Waals surface area contributed by atoms with Crippen LogP contribution in [0, 0.1) is 10.1 Å². The number of nitrogens with zero attached hydrogens (tertiary/aromatic N) is 11. The maximum absolute atomic E-state index is 11.7. The van der Waals surface area contributed by atoms with Gasteiger partial charge in [0.05, 0.1) is 48.4 Å². The molecule has 10 heterocycles. The van der Waals surface area contributed by atoms with Gasteiger partial charge in [-0.1, -0.05) is 30.3 Å². The van der Waals surface area contributed by atoms with Gasteiger partial charge in [0.1, 0.15) is 12.4 Å². The van der Waals surface area contributed by atoms with Crippen molar-refractivity contribution in [2.45, 2.75) is 6.61 Å². The maximum atomic E-state index is 11.7. The van der Waals surface area contributed by atoms with Crippen LogP contribution in [0.3, 0.4) is 0 Å². The number of rotatable bonds is 7. The number of carboxylic acid groups (broad SMARTS) is 1. The molecule has 392 valence electrons. The number of pyridine rings is 6. The number of esters is 1. The third-order valence-corrected chi connectivity index (χ3v) is 11.6. The van der Waals surface area contributed by atoms with Crippen LogP contribution >= 0.6 is 63.7 Å². The van der Waals surface area contributed by atoms with Gasteiger partial charge in [-0.05, 0) is 117 Å². The van der Waals surface area contributed by atoms with Crippen molar-refractivity contribution >= 4 is 155 Å². The number of H-pyrrole nitrogens is 4. The van der Waals surface area contributed by atoms with Crippen LogP contribution in [0.2, 0.25) is 0 Å². The van der Waals surface area contributed by atoms with E-state index in [1.807, 2.05) is 84.4 Å². The van der Waals surface area contributed by atoms with Gasteiger partial charge in [-0.2, -0.15) is 0 Å². The van der Waals surface area contributed by atoms with Crippen molar-refractivity contribution in [2.24, 2.45) is 14.1 Å². The SMILES string of the molecule is Brc1cnc2nc[nH]c2c1.C[n+]1c[nH]c2ncc(/C=C\C(=O)OCc3ccccc3)cc21.C[n+]1c[nH]c2ncc(Br)cc21.Nc1cc(Br)cnc1N.Nc1ncc(Br)cc1[N+](=O)[O-].O=C(O)/C=C/c1cnc2nc[nH]c2c1. The van der Waals surface area contributed by atoms with Gasteiger partial charge in [0.15, 0.2) is 22.3 Å². The van der Waals surface area contributed by atoms with Crippen LogP contribution in [-0.4, -0.2) is 81.8 Å². The van der Waals surface area contributed by atoms with Gasteiger partial charge in [-0.25, -0.2) is 68.6 Å². The van der Waals surface area contributed by atoms with Gasteiger partial charge in [0, 0.05) is 79.4 Å². The number of imidazole rings is 4. The van der Waals surface area contributed by atoms with E-state index in [-0.39, 0.29) is 24.1 Å². The van der Waals surface area contributed by atoms with E-state index in [1.165, 1.54) is 24.4 Å². The topological polar surface area (TPSA) is 359 Å². The summed E-state index contributed by atoms with van der Waals surface area (Å²) < 4.78 is 12.5. The zero-order valence-electron chi connectivity index (χ0n) is 40.3. The maximum Gasteiger partial charge on any atom is 0.331 e. The summed E-state index contributed by atoms with van der Waals surface area (Å²) in [6, 6.07) is 20.3. The highest BCUT2D eigenvalue weighted by Gasteiger charge is 2.12. The van der Waals surface area contributed by atoms with Gasteiger partial charge in [0.25, 0.3) is 11.3 Å². The number of aliphatic carboxylic acids is 1. The van der Waals surface area contributed by atoms with E-state index in [0.29, 0.717) is 21.6 Å². The van der Waals surface area contributed by atoms with Crippen LogP contribution < -0.4 is 26.3 Å². The van der Waals surface area contributed by atoms with Crippen LogP contribution in [-0.2, 0) is 35.0 Å². The number of ether oxygens (including phenoxy) is 1. The Hall–Kier alpha value is -8.86. The summed E-state index contributed by atoms with van der Waals surface area (Å²) >= 11 is 12.9. The van der Waals surface area contributed by atoms with Crippen LogP contribution in [0.15, 0.2) is 159 Å². The van der Waals surface area contributed by atoms with Crippen molar-refractivity contribution < 1.29 is 33.5 Å². The highest BCUT2D eigenvalue weighted by Crippen LogP contribution is 2.22. The standard InChI is InChI=1S/C17H15N3O2.C9H7N3O2.C7H6BrN3.C6H4BrN3.C5H4BrN3O2.C5H6BrN3/c1-20-12-19-17-15(20)9-14(10-18-17)7-8-16(21)22-11-13-5-3-2-4-6-13;13-8(14)2-1-6-3-7-9(10-4-6)12-5-11-7;1-11-4-10-7-6(11)2-5(8)3-9-7;7-4-1-5-6(8-2-4)10-3-9-5;6-3-1-4(9(10)11)5(7)8-2-3;6-3-1-4(7)5(8)9-2-3/h2-10,12H,11H2,1H3;1-5H,(H,13,14)(H,10,11,12);2-4H,1H3;1-3H,(H,8,9,10);1-2H,(H2,7,8);1-2H,7H2,(H2,8,9)/p+2/b8-7-;2-1+;;;;. The average molecular weight is 1300 g/mol. The Morgan fingerprint density at radius 2 is 1.14 bits per heavy atom. The third-order valence-electron chi connectivity index (χ3n) is 9.84. The Labute approximate surface area is 469 Å². The third kappa shape index (κ3) is 17.9. The number of nitrogen functional groups attached to an aromatic ring is 3. The molecule has 77 heavy (non-hydrogen) atoms. The summed E-state index contributed by atoms with van der Waals surface area (Å²) in [5, 5.41) is 18.7. The summed E-state index contributed by atoms with van der Waals surface area (Å²) in [6.07, 6.45) is 22.3. The Balaban J connectivity index is 0.000000155. The molecule has 0 aliphatic carbocycles. The van der Waals surface area contributed by atoms with Crippen LogP contribution in [0.5, 0.6) is 0 Å². The molecular formula is C49H44Br4N18O6+2. The van der Waals surface area contributed by atoms with Crippen molar-refractivity contribution in [3.05, 3.63) is 186 Å². The molecular weight excluding hydrogens is 1260 g/mol. The summed E-state index contributed by atoms with van der Waals surface area (Å²) in [5.41, 5.74) is 25.7. The second kappa shape index (κ2) is 28.2. The van der Waals surface area contributed by atoms with Gasteiger partial charge in [-0.3, -0.25) is 10.1 Å². The summed E-state index contributed by atoms with van der Waals surface area (Å²) in [5.74, 6) is -1.05. The number of aromatic nitrogens is 14. The predicted octanol–water partition coefficient (Wildman–Crippen LogP) is 8.41. The molecule has 0 atom stereocenters. The molecule has 0 aliphatic rings. The minimum absolute atomic E-state index is 0.0711. The molecule has 0 saturated heterocycles. The number of nitrogens with two attached hydrogens (primary N) is 3. The van der Waals surface area contributed by atoms with E-state index in [2.05, 4.69) is 124 Å². The number of nitro groups is 1. The molecule has 11 N–H and O–H groups in total. The van der Waals surface area contributed by atoms with E-state index >= 15 is 0 Å². The van der Waals surface area contributed by atoms with Gasteiger partial charge in [-0.15, -0.1) is 0 Å². The molecule has 0 spiro atoms. The lowest BCUT2D eigenvalue weighted by molar-refractivity contribution is -0.644. The normalized spacial score (nSPS) is 10.6. The lowest BCUT2D eigenvalue weighted by atomic mass is 10.2. The van der Waals surface area contributed by atoms with Crippen molar-refractivity contribution in [2.75, 3.05) is 17.2 Å². The number of carbonyl (C=O) groups excluding carboxylic acids is 1. The monoisotopic (exact) mass is 1300 g/mol. The molecule has 0 saturated carbocycles. The van der Waals surface area contributed by atoms with E-state index in [4.69, 9.17) is 27.0 Å². The van der Waals surface area contributed by atoms with Crippen molar-refractivity contribution in [1.29, 1.82) is 0 Å². The van der Waals surface area contributed by atoms with Gasteiger partial charge >= 0.3 is 17.6 Å². The number of carboxylic acids is 1. The highest BCUT2D eigenvalue weighted by atomic mass is 79.9. The highest BCUT2D eigenvalue weighted by molar-refractivity contribution is 9.11. The molecule has 28 heteroatoms. The molecule has 0 bridgehead atoms. The first-order valence-corrected chi connectivity index (χ1v) is 25.2. The Kier molecular flexibility index (Phi) is 21.0. The number of aromatic amines is 4. The first kappa shape index (κ1) is 57.4. The number of fused-ring (bicyclic) bond motifs is 4. The van der Waals surface area contributed by atoms with Crippen molar-refractivity contribution in [1.82, 2.24) is 59.8 Å². The predicted molar refractivity (Wildman–Crippen MR) is 303 cm³/mol. The number of aryl methyl sites for hydroxylation is 2. The Bertz CT molecular complexity index is 3850. The van der Waals surface area contributed by atoms with E-state index in [9.17, 15) is 19.7 Å². The Morgan fingerprint density at radius 3 is 1.75 bits per heavy atom. The van der Waals surface area contributed by atoms with E-state index < -0.39 is 10.9 Å². The van der Waals surface area contributed by atoms with Gasteiger partial charge in [0.2, 0.25) is 18.5 Å². The number of halogens is 4. The summed E-state index contributed by atoms with van der Waals surface area (Å²) in [4.78, 5) is 75.5. The Morgan fingerprint density at radius 1 is 0.636 bits per heavy atom. The molecule has 0 amide bonds. The van der Waals surface area contributed by atoms with Gasteiger partial charge < -0.3 is 37.0 Å². The van der Waals surface area contributed by atoms with Crippen molar-refractivity contribution in [3.8, 4) is 0 Å². The molecule has 11 rings (SSSR count). The minimum Gasteiger partial charge on any atom is -0.478 e. The van der Waals surface area contributed by atoms with Crippen LogP contribution in [0.25, 0.3) is 56.8 Å². The minimum atomic E-state index is -0.977. The van der Waals surface area contributed by atoms with Crippen LogP contribution in [0.1, 0.15) is 16.7 Å². The fraction of sp³-hybridized carbons (Fsp3) is 0.0612. The number of hydrogen-bond donors (Lipinski definition) is 8. The fourth-order valence-corrected chi connectivity index (χ4v) is 7.42. The first-order valence-electron chi connectivity index (χ1n) is 22.0. The number of nitrogens with one attached hydrogen (secondary N) is 4. The quantitative estimate of drug-likeness (QED) is 0.0244. The molecule has 10 aromatic heterocycles. The molecule has 1 aromatic carbocycles. The molecule has 0 unspecified atom stereocenters. The number of carbonyl (C=O) groups is 2. The number of anilines is 3.